The van der Waals surface area contributed by atoms with Crippen LogP contribution >= 0.6 is 0 Å². The summed E-state index contributed by atoms with van der Waals surface area (Å²) in [5.41, 5.74) is 25.7. The number of benzene rings is 8. The highest BCUT2D eigenvalue weighted by Gasteiger charge is 2.33. The molecular weight excluding hydrogens is 1520 g/mol. The molecule has 0 N–H and O–H groups in total. The molecule has 0 aliphatic heterocycles. The summed E-state index contributed by atoms with van der Waals surface area (Å²) in [4.78, 5) is 14.7. The molecule has 0 bridgehead atoms. The topological polar surface area (TPSA) is 85.5 Å². The fourth-order valence-corrected chi connectivity index (χ4v) is 19.5. The molecule has 20 rings (SSSR count). The van der Waals surface area contributed by atoms with Gasteiger partial charge in [0.25, 0.3) is 0 Å². The Labute approximate surface area is 748 Å². The highest BCUT2D eigenvalue weighted by Crippen LogP contribution is 2.49. The molecule has 4 fully saturated rings. The van der Waals surface area contributed by atoms with E-state index in [0.717, 1.165) is 210 Å². The Balaban J connectivity index is 0.000000126. The molecule has 124 heavy (non-hydrogen) atoms. The number of nitrogens with zero attached hydrogens (tertiary/aromatic N) is 8. The van der Waals surface area contributed by atoms with Gasteiger partial charge in [0.2, 0.25) is 45.5 Å². The molecule has 0 radical (unpaired) electrons. The van der Waals surface area contributed by atoms with Crippen LogP contribution in [-0.2, 0) is 28.2 Å². The van der Waals surface area contributed by atoms with Gasteiger partial charge in [-0.2, -0.15) is 18.3 Å². The molecule has 16 aromatic rings. The Morgan fingerprint density at radius 2 is 0.621 bits per heavy atom. The van der Waals surface area contributed by atoms with Crippen molar-refractivity contribution in [2.24, 2.45) is 28.2 Å². The number of aryl methyl sites for hydroxylation is 8. The van der Waals surface area contributed by atoms with Crippen LogP contribution in [-0.4, -0.2) is 0 Å². The predicted molar refractivity (Wildman–Crippen MR) is 507 cm³/mol. The summed E-state index contributed by atoms with van der Waals surface area (Å²) in [6, 6.07) is 33.6. The summed E-state index contributed by atoms with van der Waals surface area (Å²) in [5, 5.41) is 7.31. The van der Waals surface area contributed by atoms with Crippen LogP contribution in [0.25, 0.3) is 152 Å². The van der Waals surface area contributed by atoms with Crippen LogP contribution in [0.2, 0.25) is 0 Å². The van der Waals surface area contributed by atoms with Crippen LogP contribution in [0, 0.1) is 109 Å². The average Bonchev–Trinajstić information content (AvgIpc) is 1.48. The van der Waals surface area contributed by atoms with E-state index in [-0.39, 0.29) is 24.2 Å². The van der Waals surface area contributed by atoms with Crippen molar-refractivity contribution in [3.8, 4) is 45.0 Å². The van der Waals surface area contributed by atoms with Gasteiger partial charge >= 0.3 is 0 Å². The van der Waals surface area contributed by atoms with Crippen LogP contribution < -0.4 is 18.3 Å². The van der Waals surface area contributed by atoms with Crippen molar-refractivity contribution >= 4 is 111 Å². The largest absolute Gasteiger partial charge is 0.466 e. The van der Waals surface area contributed by atoms with Crippen LogP contribution in [0.5, 0.6) is 0 Å². The third kappa shape index (κ3) is 15.3. The molecule has 4 aliphatic rings. The lowest BCUT2D eigenvalue weighted by Gasteiger charge is -2.22. The minimum atomic E-state index is -0.914. The molecule has 0 spiro atoms. The van der Waals surface area contributed by atoms with E-state index in [9.17, 15) is 11.0 Å². The zero-order valence-electron chi connectivity index (χ0n) is 86.6. The van der Waals surface area contributed by atoms with E-state index in [2.05, 4.69) is 25.4 Å². The second-order valence-electron chi connectivity index (χ2n) is 35.0. The van der Waals surface area contributed by atoms with Gasteiger partial charge in [0, 0.05) is 125 Å². The normalized spacial score (nSPS) is 17.3. The molecule has 0 unspecified atom stereocenters. The smallest absolute Gasteiger partial charge is 0.232 e. The van der Waals surface area contributed by atoms with Crippen LogP contribution in [0.1, 0.15) is 258 Å². The van der Waals surface area contributed by atoms with Gasteiger partial charge in [-0.15, -0.1) is 0 Å². The van der Waals surface area contributed by atoms with Crippen molar-refractivity contribution in [1.29, 1.82) is 0 Å². The number of para-hydroxylation sites is 1. The summed E-state index contributed by atoms with van der Waals surface area (Å²) in [6.07, 6.45) is 17.5. The quantitative estimate of drug-likeness (QED) is 0.112. The van der Waals surface area contributed by atoms with E-state index in [0.29, 0.717) is 188 Å². The Morgan fingerprint density at radius 3 is 1.05 bits per heavy atom. The van der Waals surface area contributed by atoms with Crippen molar-refractivity contribution in [3.05, 3.63) is 281 Å². The summed E-state index contributed by atoms with van der Waals surface area (Å²) in [7, 11) is 7.55. The van der Waals surface area contributed by atoms with Crippen molar-refractivity contribution < 1.29 is 52.4 Å². The lowest BCUT2D eigenvalue weighted by atomic mass is 9.83. The van der Waals surface area contributed by atoms with Crippen LogP contribution in [0.3, 0.4) is 0 Å². The van der Waals surface area contributed by atoms with Gasteiger partial charge in [0.05, 0.1) is 59.5 Å². The van der Waals surface area contributed by atoms with Gasteiger partial charge in [-0.3, -0.25) is 0 Å². The molecule has 12 heteroatoms. The van der Waals surface area contributed by atoms with E-state index in [1.165, 1.54) is 0 Å². The van der Waals surface area contributed by atoms with Crippen LogP contribution in [0.4, 0.5) is 22.7 Å². The van der Waals surface area contributed by atoms with Crippen molar-refractivity contribution in [3.63, 3.8) is 0 Å². The molecule has 8 aromatic carbocycles. The second-order valence-corrected chi connectivity index (χ2v) is 35.0. The third-order valence-electron chi connectivity index (χ3n) is 26.8. The first-order valence-electron chi connectivity index (χ1n) is 50.1. The molecule has 0 atom stereocenters. The maximum Gasteiger partial charge on any atom is 0.232 e. The van der Waals surface area contributed by atoms with E-state index in [1.54, 1.807) is 12.1 Å². The van der Waals surface area contributed by atoms with Gasteiger partial charge in [-0.05, 0) is 198 Å². The summed E-state index contributed by atoms with van der Waals surface area (Å²) < 4.78 is 143. The average molecular weight is 1650 g/mol. The van der Waals surface area contributed by atoms with Crippen molar-refractivity contribution in [1.82, 2.24) is 0 Å². The Morgan fingerprint density at radius 1 is 0.290 bits per heavy atom. The van der Waals surface area contributed by atoms with E-state index in [1.807, 2.05) is 208 Å². The lowest BCUT2D eigenvalue weighted by Crippen LogP contribution is -2.35. The maximum absolute atomic E-state index is 9.31. The molecule has 0 amide bonds. The Bertz CT molecular complexity index is 7830. The predicted octanol–water partition coefficient (Wildman–Crippen LogP) is 30.4. The number of fused-ring (bicyclic) bond motifs is 12. The van der Waals surface area contributed by atoms with E-state index >= 15 is 0 Å². The van der Waals surface area contributed by atoms with E-state index in [4.69, 9.17) is 49.4 Å². The van der Waals surface area contributed by atoms with Gasteiger partial charge < -0.3 is 17.7 Å². The first kappa shape index (κ1) is 70.0. The summed E-state index contributed by atoms with van der Waals surface area (Å²) >= 11 is 0. The first-order valence-corrected chi connectivity index (χ1v) is 44.1. The summed E-state index contributed by atoms with van der Waals surface area (Å²) in [5.74, 6) is -3.65. The first-order chi connectivity index (χ1) is 64.7. The number of rotatable bonds is 8. The zero-order chi connectivity index (χ0) is 97.4. The van der Waals surface area contributed by atoms with Gasteiger partial charge in [0.15, 0.2) is 22.8 Å². The Kier molecular flexibility index (Phi) is 19.6. The minimum Gasteiger partial charge on any atom is -0.466 e. The monoisotopic (exact) mass is 1650 g/mol. The lowest BCUT2D eigenvalue weighted by molar-refractivity contribution is -0.666. The zero-order valence-corrected chi connectivity index (χ0v) is 74.6. The maximum atomic E-state index is 9.31. The van der Waals surface area contributed by atoms with Gasteiger partial charge in [-0.25, -0.2) is 19.4 Å². The second kappa shape index (κ2) is 34.7. The highest BCUT2D eigenvalue weighted by molar-refractivity contribution is 6.17. The number of furan rings is 4. The number of aromatic nitrogens is 4. The minimum absolute atomic E-state index is 0.243. The van der Waals surface area contributed by atoms with Crippen molar-refractivity contribution in [2.75, 3.05) is 0 Å². The van der Waals surface area contributed by atoms with Crippen LogP contribution in [0.15, 0.2) is 163 Å². The highest BCUT2D eigenvalue weighted by atomic mass is 16.3. The molecule has 0 saturated heterocycles. The molecule has 8 aromatic heterocycles. The SMILES string of the molecule is [2H]c1c(C2([2H])CCCCC2)c([2H])c(-c2c(C)cc(C)c3c2oc2c([N+]#[C-])cccc23)[n+](C)c1C.[2H]c1c(C2([2H])CCCCC2)c([2H])c(-c2c(C)ccc3c2oc2c([N+]#[C-])c(C)ccc23)[n+](C)c1C.[2H]c1c(C2([2H])CCCCC2)c([2H])c(-c2c(C)ccc3c2oc2c([N+]#[C-])cc(C)cc23)[n+](C)c1C.[2H]c1c(C2([2H])CCCCC2)c([2H])c(-c2c(C)ccc3c2oc2c([N+]#[C-])ccc(C)c23)[n+](C)c1C. The fraction of sp³-hybridized carbons (Fsp3) is 0.357. The number of hydrogen-bond acceptors (Lipinski definition) is 4. The van der Waals surface area contributed by atoms with Crippen molar-refractivity contribution in [2.45, 2.75) is 235 Å². The fourth-order valence-electron chi connectivity index (χ4n) is 19.5. The molecule has 8 heterocycles. The summed E-state index contributed by atoms with van der Waals surface area (Å²) in [6.45, 7) is 54.1. The molecule has 624 valence electrons. The van der Waals surface area contributed by atoms with Gasteiger partial charge in [0.1, 0.15) is 72.9 Å². The molecule has 4 aliphatic carbocycles. The number of pyridine rings is 4. The standard InChI is InChI=1S/4C28H29N2O/c1-17-14-18(2)26(28-25(17)22-12-9-13-23(29-4)27(22)31-28)24-16-21(15-19(3)30(24)5)20-10-7-6-8-11-20;1-17-12-14-23(29-4)28-25(17)22-13-11-18(2)26(27(22)31-28)24-16-21(15-19(3)30(24)5)20-9-7-6-8-10-20;1-17-11-13-22-23-14-12-18(2)26(29-4)28(23)31-27(22)25(17)24-16-21(15-19(3)30(24)5)20-9-7-6-8-10-20;1-17-13-23-22-12-11-18(2)26(28(22)31-27(23)24(14-17)29-4)25-16-21(15-19(3)30(25)5)20-9-7-6-8-10-20/h9,12-16,20H,6-8,10-11H2,1-3,5H3;3*11-16,20H,6-10H2,1-3,5H3/q4*+1/i4*15D,16D,20D. The molecule has 4 saturated carbocycles. The molecule has 12 nitrogen and oxygen atoms in total. The van der Waals surface area contributed by atoms with Gasteiger partial charge in [-0.1, -0.05) is 174 Å². The molecular formula is C112H116N8O4+4. The third-order valence-corrected chi connectivity index (χ3v) is 26.8. The van der Waals surface area contributed by atoms with E-state index < -0.39 is 23.6 Å². The Hall–Kier alpha value is -12.5. The number of hydrogen-bond donors (Lipinski definition) is 0.